The minimum absolute atomic E-state index is 0.245. The van der Waals surface area contributed by atoms with E-state index in [2.05, 4.69) is 4.98 Å². The van der Waals surface area contributed by atoms with Crippen LogP contribution in [0.15, 0.2) is 34.1 Å². The number of H-pyrrole nitrogens is 1. The molecule has 0 amide bonds. The second-order valence-corrected chi connectivity index (χ2v) is 7.95. The predicted molar refractivity (Wildman–Crippen MR) is 95.4 cm³/mol. The third kappa shape index (κ3) is 3.33. The van der Waals surface area contributed by atoms with Gasteiger partial charge in [-0.1, -0.05) is 46.8 Å². The Bertz CT molecular complexity index is 860. The van der Waals surface area contributed by atoms with Crippen molar-refractivity contribution < 1.29 is 19.1 Å². The van der Waals surface area contributed by atoms with Gasteiger partial charge >= 0.3 is 16.8 Å². The molecule has 0 unspecified atom stereocenters. The highest BCUT2D eigenvalue weighted by Gasteiger charge is 2.48. The lowest BCUT2D eigenvalue weighted by Crippen LogP contribution is -2.40. The number of thioether (sulfide) groups is 1. The number of aromatic amines is 1. The van der Waals surface area contributed by atoms with E-state index in [0.29, 0.717) is 14.9 Å². The minimum Gasteiger partial charge on any atom is -0.469 e. The van der Waals surface area contributed by atoms with Crippen LogP contribution in [0.5, 0.6) is 0 Å². The number of nitrogens with one attached hydrogen (secondary N) is 1. The number of esters is 2. The van der Waals surface area contributed by atoms with E-state index in [9.17, 15) is 14.4 Å². The summed E-state index contributed by atoms with van der Waals surface area (Å²) < 4.78 is 9.80. The van der Waals surface area contributed by atoms with Gasteiger partial charge in [0.1, 0.15) is 5.25 Å². The van der Waals surface area contributed by atoms with Crippen molar-refractivity contribution in [2.24, 2.45) is 5.92 Å². The molecule has 0 bridgehead atoms. The van der Waals surface area contributed by atoms with Crippen LogP contribution >= 0.6 is 34.7 Å². The van der Waals surface area contributed by atoms with E-state index in [1.165, 1.54) is 14.2 Å². The summed E-state index contributed by atoms with van der Waals surface area (Å²) in [5, 5.41) is 0.303. The lowest BCUT2D eigenvalue weighted by atomic mass is 9.82. The van der Waals surface area contributed by atoms with E-state index in [-0.39, 0.29) is 4.87 Å². The van der Waals surface area contributed by atoms with Gasteiger partial charge in [0.05, 0.1) is 25.2 Å². The van der Waals surface area contributed by atoms with E-state index < -0.39 is 29.0 Å². The second kappa shape index (κ2) is 7.23. The van der Waals surface area contributed by atoms with Crippen molar-refractivity contribution in [2.75, 3.05) is 14.2 Å². The number of hydrogen-bond donors (Lipinski definition) is 1. The van der Waals surface area contributed by atoms with Gasteiger partial charge in [0.2, 0.25) is 0 Å². The SMILES string of the molecule is COC(=O)[C@H]1[C@@H](c2ccc(Cl)cc2)c2sc(=O)[nH]c2S[C@H]1C(=O)OC. The monoisotopic (exact) mass is 399 g/mol. The zero-order valence-corrected chi connectivity index (χ0v) is 15.7. The average Bonchev–Trinajstić information content (AvgIpc) is 2.99. The van der Waals surface area contributed by atoms with Crippen LogP contribution in [0.25, 0.3) is 0 Å². The summed E-state index contributed by atoms with van der Waals surface area (Å²) in [5.74, 6) is -2.40. The lowest BCUT2D eigenvalue weighted by Gasteiger charge is -2.33. The van der Waals surface area contributed by atoms with Gasteiger partial charge in [-0.15, -0.1) is 0 Å². The molecule has 25 heavy (non-hydrogen) atoms. The maximum absolute atomic E-state index is 12.5. The van der Waals surface area contributed by atoms with Crippen molar-refractivity contribution in [3.8, 4) is 0 Å². The van der Waals surface area contributed by atoms with Crippen LogP contribution in [0.1, 0.15) is 16.4 Å². The van der Waals surface area contributed by atoms with E-state index in [4.69, 9.17) is 21.1 Å². The molecule has 1 aliphatic heterocycles. The Kier molecular flexibility index (Phi) is 5.21. The normalized spacial score (nSPS) is 22.1. The maximum atomic E-state index is 12.5. The van der Waals surface area contributed by atoms with Gasteiger partial charge in [-0.2, -0.15) is 0 Å². The highest BCUT2D eigenvalue weighted by atomic mass is 35.5. The average molecular weight is 400 g/mol. The van der Waals surface area contributed by atoms with Gasteiger partial charge in [0.25, 0.3) is 0 Å². The Morgan fingerprint density at radius 2 is 1.76 bits per heavy atom. The zero-order valence-electron chi connectivity index (χ0n) is 13.3. The molecule has 0 aliphatic carbocycles. The number of carbonyl (C=O) groups excluding carboxylic acids is 2. The highest BCUT2D eigenvalue weighted by molar-refractivity contribution is 8.00. The van der Waals surface area contributed by atoms with Crippen molar-refractivity contribution in [1.82, 2.24) is 4.98 Å². The molecule has 0 saturated carbocycles. The molecule has 3 rings (SSSR count). The fourth-order valence-corrected chi connectivity index (χ4v) is 5.51. The number of benzene rings is 1. The van der Waals surface area contributed by atoms with E-state index in [1.807, 2.05) is 0 Å². The van der Waals surface area contributed by atoms with Gasteiger partial charge in [0.15, 0.2) is 0 Å². The van der Waals surface area contributed by atoms with Crippen LogP contribution in [0.2, 0.25) is 5.02 Å². The molecule has 1 aromatic heterocycles. The summed E-state index contributed by atoms with van der Waals surface area (Å²) in [6.07, 6.45) is 0. The fraction of sp³-hybridized carbons (Fsp3) is 0.312. The number of carbonyl (C=O) groups is 2. The number of ether oxygens (including phenoxy) is 2. The quantitative estimate of drug-likeness (QED) is 0.798. The lowest BCUT2D eigenvalue weighted by molar-refractivity contribution is -0.151. The van der Waals surface area contributed by atoms with Crippen LogP contribution in [0.3, 0.4) is 0 Å². The van der Waals surface area contributed by atoms with Crippen LogP contribution in [-0.2, 0) is 19.1 Å². The Morgan fingerprint density at radius 3 is 2.36 bits per heavy atom. The second-order valence-electron chi connectivity index (χ2n) is 5.35. The number of aromatic nitrogens is 1. The Balaban J connectivity index is 2.20. The first kappa shape index (κ1) is 18.0. The number of halogens is 1. The van der Waals surface area contributed by atoms with Gasteiger partial charge in [-0.3, -0.25) is 14.4 Å². The molecule has 0 radical (unpaired) electrons. The molecule has 132 valence electrons. The Labute approximate surface area is 156 Å². The molecule has 1 aromatic carbocycles. The van der Waals surface area contributed by atoms with Gasteiger partial charge < -0.3 is 14.5 Å². The molecule has 6 nitrogen and oxygen atoms in total. The largest absolute Gasteiger partial charge is 0.469 e. The zero-order chi connectivity index (χ0) is 18.1. The number of rotatable bonds is 3. The topological polar surface area (TPSA) is 85.5 Å². The molecule has 2 heterocycles. The van der Waals surface area contributed by atoms with Crippen LogP contribution < -0.4 is 4.87 Å². The van der Waals surface area contributed by atoms with E-state index in [0.717, 1.165) is 28.7 Å². The Hall–Kier alpha value is -1.77. The molecule has 0 fully saturated rings. The molecule has 2 aromatic rings. The molecular weight excluding hydrogens is 386 g/mol. The smallest absolute Gasteiger partial charge is 0.320 e. The molecule has 1 aliphatic rings. The number of thiazole rings is 1. The Morgan fingerprint density at radius 1 is 1.12 bits per heavy atom. The molecule has 0 spiro atoms. The molecule has 1 N–H and O–H groups in total. The highest BCUT2D eigenvalue weighted by Crippen LogP contribution is 2.49. The van der Waals surface area contributed by atoms with E-state index >= 15 is 0 Å². The first-order valence-electron chi connectivity index (χ1n) is 7.27. The number of fused-ring (bicyclic) bond motifs is 1. The summed E-state index contributed by atoms with van der Waals surface area (Å²) in [6, 6.07) is 6.97. The first-order chi connectivity index (χ1) is 12.0. The predicted octanol–water partition coefficient (Wildman–Crippen LogP) is 2.66. The molecular formula is C16H14ClNO5S2. The standard InChI is InChI=1S/C16H14ClNO5S2/c1-22-14(19)10-9(7-3-5-8(17)6-4-7)11-13(18-16(21)25-11)24-12(10)15(20)23-2/h3-6,9-10,12H,1-2H3,(H,18,21)/t9-,10+,12-/m1/s1. The van der Waals surface area contributed by atoms with Crippen LogP contribution in [-0.4, -0.2) is 36.4 Å². The van der Waals surface area contributed by atoms with Crippen molar-refractivity contribution in [3.63, 3.8) is 0 Å². The van der Waals surface area contributed by atoms with E-state index in [1.54, 1.807) is 24.3 Å². The molecule has 9 heteroatoms. The van der Waals surface area contributed by atoms with Crippen LogP contribution in [0.4, 0.5) is 0 Å². The minimum atomic E-state index is -0.823. The summed E-state index contributed by atoms with van der Waals surface area (Å²) in [7, 11) is 2.54. The summed E-state index contributed by atoms with van der Waals surface area (Å²) in [6.45, 7) is 0. The third-order valence-corrected chi connectivity index (χ3v) is 6.63. The third-order valence-electron chi connectivity index (χ3n) is 3.99. The van der Waals surface area contributed by atoms with Gasteiger partial charge in [0, 0.05) is 15.8 Å². The molecule has 0 saturated heterocycles. The van der Waals surface area contributed by atoms with Crippen molar-refractivity contribution in [1.29, 1.82) is 0 Å². The fourth-order valence-electron chi connectivity index (χ4n) is 2.89. The number of hydrogen-bond acceptors (Lipinski definition) is 7. The van der Waals surface area contributed by atoms with Gasteiger partial charge in [-0.25, -0.2) is 0 Å². The van der Waals surface area contributed by atoms with Crippen LogP contribution in [0, 0.1) is 5.92 Å². The van der Waals surface area contributed by atoms with Gasteiger partial charge in [-0.05, 0) is 17.7 Å². The summed E-state index contributed by atoms with van der Waals surface area (Å²) in [5.41, 5.74) is 0.769. The van der Waals surface area contributed by atoms with Crippen molar-refractivity contribution in [2.45, 2.75) is 16.2 Å². The van der Waals surface area contributed by atoms with Crippen molar-refractivity contribution in [3.05, 3.63) is 49.4 Å². The van der Waals surface area contributed by atoms with Crippen molar-refractivity contribution >= 4 is 46.6 Å². The number of methoxy groups -OCH3 is 2. The maximum Gasteiger partial charge on any atom is 0.320 e. The summed E-state index contributed by atoms with van der Waals surface area (Å²) >= 11 is 8.10. The first-order valence-corrected chi connectivity index (χ1v) is 9.34. The molecule has 3 atom stereocenters. The summed E-state index contributed by atoms with van der Waals surface area (Å²) in [4.78, 5) is 39.9.